The van der Waals surface area contributed by atoms with Crippen LogP contribution in [0, 0.1) is 0 Å². The summed E-state index contributed by atoms with van der Waals surface area (Å²) >= 11 is 0. The second-order valence-electron chi connectivity index (χ2n) is 11.2. The molecule has 2 amide bonds. The lowest BCUT2D eigenvalue weighted by molar-refractivity contribution is 0.205. The number of carbonyl (C=O) groups is 1. The maximum atomic E-state index is 14.0. The summed E-state index contributed by atoms with van der Waals surface area (Å²) in [5, 5.41) is 3.40. The van der Waals surface area contributed by atoms with Crippen molar-refractivity contribution in [1.29, 1.82) is 0 Å². The molecule has 4 heteroatoms. The third-order valence-electron chi connectivity index (χ3n) is 7.44. The SMILES string of the molecule is CCCCCC(=Cc1ccccc1)CN(CCN1CCCC1)C(=O)Nc1c(C(C)C)cccc1C(C)C. The van der Waals surface area contributed by atoms with Gasteiger partial charge in [0.25, 0.3) is 0 Å². The first-order valence-electron chi connectivity index (χ1n) is 14.5. The fraction of sp³-hybridized carbons (Fsp3) is 0.545. The number of nitrogens with one attached hydrogen (secondary N) is 1. The van der Waals surface area contributed by atoms with Gasteiger partial charge in [-0.05, 0) is 67.3 Å². The summed E-state index contributed by atoms with van der Waals surface area (Å²) in [4.78, 5) is 18.5. The average Bonchev–Trinajstić information content (AvgIpc) is 3.40. The molecule has 0 bridgehead atoms. The fourth-order valence-electron chi connectivity index (χ4n) is 5.23. The van der Waals surface area contributed by atoms with Crippen LogP contribution in [0.3, 0.4) is 0 Å². The van der Waals surface area contributed by atoms with Crippen LogP contribution in [-0.2, 0) is 0 Å². The first-order chi connectivity index (χ1) is 17.9. The van der Waals surface area contributed by atoms with Crippen molar-refractivity contribution < 1.29 is 4.79 Å². The minimum Gasteiger partial charge on any atom is -0.319 e. The molecule has 1 aliphatic heterocycles. The second kappa shape index (κ2) is 15.0. The summed E-state index contributed by atoms with van der Waals surface area (Å²) in [6.45, 7) is 15.7. The van der Waals surface area contributed by atoms with E-state index in [4.69, 9.17) is 0 Å². The number of likely N-dealkylation sites (tertiary alicyclic amines) is 1. The van der Waals surface area contributed by atoms with Crippen LogP contribution in [-0.4, -0.2) is 48.6 Å². The van der Waals surface area contributed by atoms with E-state index in [1.165, 1.54) is 47.9 Å². The highest BCUT2D eigenvalue weighted by molar-refractivity contribution is 5.91. The van der Waals surface area contributed by atoms with Gasteiger partial charge in [0.15, 0.2) is 0 Å². The monoisotopic (exact) mass is 503 g/mol. The summed E-state index contributed by atoms with van der Waals surface area (Å²) < 4.78 is 0. The van der Waals surface area contributed by atoms with Crippen molar-refractivity contribution in [1.82, 2.24) is 9.80 Å². The number of hydrogen-bond donors (Lipinski definition) is 1. The molecule has 1 aliphatic rings. The van der Waals surface area contributed by atoms with Crippen molar-refractivity contribution in [2.24, 2.45) is 0 Å². The van der Waals surface area contributed by atoms with E-state index in [-0.39, 0.29) is 6.03 Å². The third-order valence-corrected chi connectivity index (χ3v) is 7.44. The molecule has 0 radical (unpaired) electrons. The van der Waals surface area contributed by atoms with Gasteiger partial charge < -0.3 is 15.1 Å². The molecule has 0 atom stereocenters. The molecule has 2 aromatic carbocycles. The van der Waals surface area contributed by atoms with E-state index in [1.54, 1.807) is 0 Å². The Bertz CT molecular complexity index is 964. The number of nitrogens with zero attached hydrogens (tertiary/aromatic N) is 2. The Morgan fingerprint density at radius 1 is 0.946 bits per heavy atom. The van der Waals surface area contributed by atoms with Crippen LogP contribution in [0.25, 0.3) is 6.08 Å². The molecular weight excluding hydrogens is 454 g/mol. The van der Waals surface area contributed by atoms with E-state index >= 15 is 0 Å². The molecule has 0 saturated carbocycles. The van der Waals surface area contributed by atoms with Gasteiger partial charge in [-0.15, -0.1) is 0 Å². The number of amides is 2. The molecule has 0 unspecified atom stereocenters. The Labute approximate surface area is 226 Å². The molecule has 1 fully saturated rings. The topological polar surface area (TPSA) is 35.6 Å². The number of rotatable bonds is 13. The number of anilines is 1. The Hall–Kier alpha value is -2.59. The molecule has 1 heterocycles. The number of unbranched alkanes of at least 4 members (excludes halogenated alkanes) is 2. The highest BCUT2D eigenvalue weighted by Gasteiger charge is 2.22. The van der Waals surface area contributed by atoms with Gasteiger partial charge in [0, 0.05) is 25.3 Å². The lowest BCUT2D eigenvalue weighted by Gasteiger charge is -2.29. The summed E-state index contributed by atoms with van der Waals surface area (Å²) in [5.41, 5.74) is 5.96. The standard InChI is InChI=1S/C33H49N3O/c1-6-7-9-17-29(24-28-15-10-8-11-16-28)25-36(23-22-35-20-12-13-21-35)33(37)34-32-30(26(2)3)18-14-19-31(32)27(4)5/h8,10-11,14-16,18-19,24,26-27H,6-7,9,12-13,17,20-23,25H2,1-5H3,(H,34,37). The van der Waals surface area contributed by atoms with Gasteiger partial charge in [-0.1, -0.05) is 108 Å². The van der Waals surface area contributed by atoms with Crippen LogP contribution in [0.4, 0.5) is 10.5 Å². The van der Waals surface area contributed by atoms with E-state index < -0.39 is 0 Å². The molecule has 0 aliphatic carbocycles. The Morgan fingerprint density at radius 3 is 2.19 bits per heavy atom. The largest absolute Gasteiger partial charge is 0.322 e. The van der Waals surface area contributed by atoms with Gasteiger partial charge in [-0.2, -0.15) is 0 Å². The summed E-state index contributed by atoms with van der Waals surface area (Å²) in [6, 6.07) is 17.0. The number of hydrogen-bond acceptors (Lipinski definition) is 2. The smallest absolute Gasteiger partial charge is 0.319 e. The Balaban J connectivity index is 1.87. The maximum Gasteiger partial charge on any atom is 0.322 e. The molecule has 0 aromatic heterocycles. The van der Waals surface area contributed by atoms with Crippen LogP contribution in [0.15, 0.2) is 54.1 Å². The quantitative estimate of drug-likeness (QED) is 0.278. The van der Waals surface area contributed by atoms with Crippen molar-refractivity contribution in [2.75, 3.05) is 38.0 Å². The fourth-order valence-corrected chi connectivity index (χ4v) is 5.23. The van der Waals surface area contributed by atoms with E-state index in [0.717, 1.165) is 44.7 Å². The summed E-state index contributed by atoms with van der Waals surface area (Å²) in [5.74, 6) is 0.685. The Morgan fingerprint density at radius 2 is 1.59 bits per heavy atom. The van der Waals surface area contributed by atoms with E-state index in [2.05, 4.69) is 104 Å². The minimum absolute atomic E-state index is 0.0173. The van der Waals surface area contributed by atoms with Crippen LogP contribution in [0.2, 0.25) is 0 Å². The zero-order valence-electron chi connectivity index (χ0n) is 23.9. The van der Waals surface area contributed by atoms with Crippen LogP contribution in [0.1, 0.15) is 102 Å². The molecule has 37 heavy (non-hydrogen) atoms. The van der Waals surface area contributed by atoms with Crippen LogP contribution < -0.4 is 5.32 Å². The molecule has 1 saturated heterocycles. The van der Waals surface area contributed by atoms with Gasteiger partial charge in [0.1, 0.15) is 0 Å². The van der Waals surface area contributed by atoms with Crippen molar-refractivity contribution in [3.63, 3.8) is 0 Å². The van der Waals surface area contributed by atoms with Crippen molar-refractivity contribution in [2.45, 2.75) is 85.0 Å². The van der Waals surface area contributed by atoms with Crippen molar-refractivity contribution in [3.8, 4) is 0 Å². The number of benzene rings is 2. The third kappa shape index (κ3) is 9.03. The minimum atomic E-state index is 0.0173. The molecule has 0 spiro atoms. The van der Waals surface area contributed by atoms with Crippen LogP contribution in [0.5, 0.6) is 0 Å². The normalized spacial score (nSPS) is 14.5. The number of carbonyl (C=O) groups excluding carboxylic acids is 1. The van der Waals surface area contributed by atoms with Gasteiger partial charge in [0.2, 0.25) is 0 Å². The molecule has 1 N–H and O–H groups in total. The molecule has 202 valence electrons. The predicted octanol–water partition coefficient (Wildman–Crippen LogP) is 8.53. The van der Waals surface area contributed by atoms with Crippen LogP contribution >= 0.6 is 0 Å². The molecular formula is C33H49N3O. The van der Waals surface area contributed by atoms with Gasteiger partial charge in [-0.3, -0.25) is 0 Å². The summed E-state index contributed by atoms with van der Waals surface area (Å²) in [6.07, 6.45) is 9.42. The predicted molar refractivity (Wildman–Crippen MR) is 159 cm³/mol. The maximum absolute atomic E-state index is 14.0. The Kier molecular flexibility index (Phi) is 11.7. The van der Waals surface area contributed by atoms with E-state index in [0.29, 0.717) is 18.4 Å². The molecule has 3 rings (SSSR count). The first-order valence-corrected chi connectivity index (χ1v) is 14.5. The van der Waals surface area contributed by atoms with Crippen molar-refractivity contribution >= 4 is 17.8 Å². The van der Waals surface area contributed by atoms with Gasteiger partial charge >= 0.3 is 6.03 Å². The highest BCUT2D eigenvalue weighted by Crippen LogP contribution is 2.32. The molecule has 2 aromatic rings. The number of para-hydroxylation sites is 1. The second-order valence-corrected chi connectivity index (χ2v) is 11.2. The lowest BCUT2D eigenvalue weighted by Crippen LogP contribution is -2.41. The van der Waals surface area contributed by atoms with Gasteiger partial charge in [0.05, 0.1) is 0 Å². The first kappa shape index (κ1) is 29.0. The van der Waals surface area contributed by atoms with E-state index in [1.807, 2.05) is 0 Å². The van der Waals surface area contributed by atoms with Gasteiger partial charge in [-0.25, -0.2) is 4.79 Å². The lowest BCUT2D eigenvalue weighted by atomic mass is 9.93. The highest BCUT2D eigenvalue weighted by atomic mass is 16.2. The number of urea groups is 1. The zero-order chi connectivity index (χ0) is 26.6. The van der Waals surface area contributed by atoms with Crippen molar-refractivity contribution in [3.05, 3.63) is 70.8 Å². The molecule has 4 nitrogen and oxygen atoms in total. The average molecular weight is 504 g/mol. The summed E-state index contributed by atoms with van der Waals surface area (Å²) in [7, 11) is 0. The zero-order valence-corrected chi connectivity index (χ0v) is 23.9. The van der Waals surface area contributed by atoms with E-state index in [9.17, 15) is 4.79 Å².